The standard InChI is InChI=1S/C18H19F3N4O3S.C4H10O/c1-5-11-8-22-16-15(11)25-14(10(4)23-16)12-6-7-13(9(2)3)24-17(12)28-29(26,27)18(19,20)21;1-3-4-5-2/h6-9H,5H2,1-4H3,(H,22,23);3-4H2,1-2H3. The number of ether oxygens (including phenoxy) is 1. The highest BCUT2D eigenvalue weighted by Gasteiger charge is 2.49. The topological polar surface area (TPSA) is 107 Å². The minimum Gasteiger partial charge on any atom is -0.385 e. The number of fused-ring (bicyclic) bond motifs is 1. The van der Waals surface area contributed by atoms with Crippen molar-refractivity contribution in [2.75, 3.05) is 13.7 Å². The van der Waals surface area contributed by atoms with Gasteiger partial charge >= 0.3 is 15.6 Å². The first-order valence-corrected chi connectivity index (χ1v) is 12.1. The van der Waals surface area contributed by atoms with Crippen molar-refractivity contribution in [2.45, 2.75) is 58.9 Å². The van der Waals surface area contributed by atoms with Gasteiger partial charge in [-0.3, -0.25) is 0 Å². The summed E-state index contributed by atoms with van der Waals surface area (Å²) < 4.78 is 71.0. The molecule has 3 heterocycles. The number of aromatic nitrogens is 4. The smallest absolute Gasteiger partial charge is 0.385 e. The van der Waals surface area contributed by atoms with Crippen LogP contribution in [-0.2, 0) is 21.3 Å². The molecule has 1 N–H and O–H groups in total. The Morgan fingerprint density at radius 3 is 2.29 bits per heavy atom. The number of rotatable bonds is 7. The number of aromatic amines is 1. The highest BCUT2D eigenvalue weighted by molar-refractivity contribution is 7.88. The molecule has 0 saturated heterocycles. The number of H-pyrrole nitrogens is 1. The number of halogens is 3. The van der Waals surface area contributed by atoms with Gasteiger partial charge in [0.15, 0.2) is 5.65 Å². The lowest BCUT2D eigenvalue weighted by molar-refractivity contribution is -0.0501. The fraction of sp³-hybridized carbons (Fsp3) is 0.500. The zero-order chi connectivity index (χ0) is 25.7. The Kier molecular flexibility index (Phi) is 9.01. The van der Waals surface area contributed by atoms with Crippen LogP contribution in [0.15, 0.2) is 18.3 Å². The van der Waals surface area contributed by atoms with Crippen molar-refractivity contribution >= 4 is 21.3 Å². The second kappa shape index (κ2) is 11.1. The maximum atomic E-state index is 12.9. The van der Waals surface area contributed by atoms with Gasteiger partial charge in [-0.15, -0.1) is 0 Å². The number of pyridine rings is 1. The molecule has 12 heteroatoms. The third kappa shape index (κ3) is 6.23. The van der Waals surface area contributed by atoms with Crippen LogP contribution in [0.5, 0.6) is 5.88 Å². The lowest BCUT2D eigenvalue weighted by Crippen LogP contribution is -2.28. The van der Waals surface area contributed by atoms with Gasteiger partial charge in [0.1, 0.15) is 5.52 Å². The molecule has 0 saturated carbocycles. The maximum absolute atomic E-state index is 12.9. The summed E-state index contributed by atoms with van der Waals surface area (Å²) in [6.45, 7) is 10.1. The Labute approximate surface area is 197 Å². The number of methoxy groups -OCH3 is 1. The Bertz CT molecular complexity index is 1220. The van der Waals surface area contributed by atoms with Crippen LogP contribution in [0.3, 0.4) is 0 Å². The molecular weight excluding hydrogens is 473 g/mol. The third-order valence-electron chi connectivity index (χ3n) is 4.75. The van der Waals surface area contributed by atoms with Crippen molar-refractivity contribution in [3.8, 4) is 17.1 Å². The van der Waals surface area contributed by atoms with E-state index in [1.165, 1.54) is 6.07 Å². The van der Waals surface area contributed by atoms with E-state index < -0.39 is 21.5 Å². The summed E-state index contributed by atoms with van der Waals surface area (Å²) in [5.74, 6) is -0.843. The number of nitrogens with one attached hydrogen (secondary N) is 1. The Morgan fingerprint density at radius 1 is 1.12 bits per heavy atom. The van der Waals surface area contributed by atoms with E-state index in [1.807, 2.05) is 6.92 Å². The Balaban J connectivity index is 0.000000739. The largest absolute Gasteiger partial charge is 0.534 e. The van der Waals surface area contributed by atoms with E-state index >= 15 is 0 Å². The fourth-order valence-corrected chi connectivity index (χ4v) is 3.40. The molecule has 0 aliphatic rings. The zero-order valence-corrected chi connectivity index (χ0v) is 20.8. The van der Waals surface area contributed by atoms with Crippen LogP contribution in [0, 0.1) is 6.92 Å². The minimum atomic E-state index is -5.90. The first-order valence-electron chi connectivity index (χ1n) is 10.7. The van der Waals surface area contributed by atoms with Crippen molar-refractivity contribution in [2.24, 2.45) is 0 Å². The van der Waals surface area contributed by atoms with Crippen LogP contribution >= 0.6 is 0 Å². The van der Waals surface area contributed by atoms with E-state index in [-0.39, 0.29) is 17.2 Å². The highest BCUT2D eigenvalue weighted by Crippen LogP contribution is 2.35. The zero-order valence-electron chi connectivity index (χ0n) is 19.9. The van der Waals surface area contributed by atoms with Gasteiger partial charge in [-0.1, -0.05) is 27.7 Å². The molecule has 3 aromatic rings. The van der Waals surface area contributed by atoms with Gasteiger partial charge in [0.05, 0.1) is 17.0 Å². The number of hydrogen-bond acceptors (Lipinski definition) is 7. The van der Waals surface area contributed by atoms with Gasteiger partial charge in [0.25, 0.3) is 0 Å². The number of nitrogens with zero attached hydrogens (tertiary/aromatic N) is 3. The number of aryl methyl sites for hydroxylation is 2. The molecule has 3 aromatic heterocycles. The quantitative estimate of drug-likeness (QED) is 0.346. The molecule has 0 atom stereocenters. The summed E-state index contributed by atoms with van der Waals surface area (Å²) in [6, 6.07) is 3.04. The molecular formula is C22H29F3N4O4S. The Hall–Kier alpha value is -2.73. The van der Waals surface area contributed by atoms with Crippen molar-refractivity contribution in [1.29, 1.82) is 0 Å². The molecule has 0 aliphatic carbocycles. The van der Waals surface area contributed by atoms with Crippen molar-refractivity contribution in [3.63, 3.8) is 0 Å². The fourth-order valence-electron chi connectivity index (χ4n) is 2.97. The lowest BCUT2D eigenvalue weighted by atomic mass is 10.1. The highest BCUT2D eigenvalue weighted by atomic mass is 32.2. The summed E-state index contributed by atoms with van der Waals surface area (Å²) in [6.07, 6.45) is 3.53. The summed E-state index contributed by atoms with van der Waals surface area (Å²) in [5.41, 5.74) is -2.67. The van der Waals surface area contributed by atoms with E-state index in [2.05, 4.69) is 31.0 Å². The molecule has 0 radical (unpaired) electrons. The summed E-state index contributed by atoms with van der Waals surface area (Å²) >= 11 is 0. The lowest BCUT2D eigenvalue weighted by Gasteiger charge is -2.15. The van der Waals surface area contributed by atoms with E-state index in [9.17, 15) is 21.6 Å². The van der Waals surface area contributed by atoms with Gasteiger partial charge < -0.3 is 13.9 Å². The van der Waals surface area contributed by atoms with Gasteiger partial charge in [0.2, 0.25) is 5.88 Å². The molecule has 8 nitrogen and oxygen atoms in total. The van der Waals surface area contributed by atoms with Crippen LogP contribution in [0.4, 0.5) is 13.2 Å². The van der Waals surface area contributed by atoms with Gasteiger partial charge in [-0.05, 0) is 43.4 Å². The predicted molar refractivity (Wildman–Crippen MR) is 123 cm³/mol. The second-order valence-corrected chi connectivity index (χ2v) is 9.28. The average Bonchev–Trinajstić information content (AvgIpc) is 3.15. The molecule has 34 heavy (non-hydrogen) atoms. The third-order valence-corrected chi connectivity index (χ3v) is 5.69. The average molecular weight is 503 g/mol. The maximum Gasteiger partial charge on any atom is 0.534 e. The summed E-state index contributed by atoms with van der Waals surface area (Å²) in [5, 5.41) is 0. The number of hydrogen-bond donors (Lipinski definition) is 1. The molecule has 0 aliphatic heterocycles. The van der Waals surface area contributed by atoms with Gasteiger partial charge in [-0.25, -0.2) is 15.0 Å². The van der Waals surface area contributed by atoms with Crippen LogP contribution in [0.1, 0.15) is 57.0 Å². The van der Waals surface area contributed by atoms with Gasteiger partial charge in [-0.2, -0.15) is 21.6 Å². The van der Waals surface area contributed by atoms with E-state index in [1.54, 1.807) is 40.1 Å². The van der Waals surface area contributed by atoms with Crippen LogP contribution < -0.4 is 4.18 Å². The molecule has 3 rings (SSSR count). The summed E-state index contributed by atoms with van der Waals surface area (Å²) in [4.78, 5) is 15.9. The van der Waals surface area contributed by atoms with Crippen LogP contribution in [0.2, 0.25) is 0 Å². The van der Waals surface area contributed by atoms with Crippen LogP contribution in [-0.4, -0.2) is 47.6 Å². The van der Waals surface area contributed by atoms with E-state index in [0.29, 0.717) is 29.0 Å². The molecule has 188 valence electrons. The van der Waals surface area contributed by atoms with Gasteiger partial charge in [0, 0.05) is 25.6 Å². The molecule has 0 spiro atoms. The monoisotopic (exact) mass is 502 g/mol. The first-order chi connectivity index (χ1) is 15.9. The normalized spacial score (nSPS) is 12.1. The predicted octanol–water partition coefficient (Wildman–Crippen LogP) is 5.29. The molecule has 0 bridgehead atoms. The molecule has 0 fully saturated rings. The van der Waals surface area contributed by atoms with Crippen LogP contribution in [0.25, 0.3) is 22.4 Å². The first kappa shape index (κ1) is 27.5. The molecule has 0 unspecified atom stereocenters. The van der Waals surface area contributed by atoms with Crippen molar-refractivity contribution < 1.29 is 30.5 Å². The molecule has 0 aromatic carbocycles. The molecule has 0 amide bonds. The number of alkyl halides is 3. The summed E-state index contributed by atoms with van der Waals surface area (Å²) in [7, 11) is -4.19. The second-order valence-electron chi connectivity index (χ2n) is 7.74. The van der Waals surface area contributed by atoms with Crippen molar-refractivity contribution in [1.82, 2.24) is 19.9 Å². The van der Waals surface area contributed by atoms with E-state index in [4.69, 9.17) is 4.74 Å². The van der Waals surface area contributed by atoms with E-state index in [0.717, 1.165) is 18.6 Å². The van der Waals surface area contributed by atoms with Crippen molar-refractivity contribution in [3.05, 3.63) is 35.3 Å². The minimum absolute atomic E-state index is 0.0115. The Morgan fingerprint density at radius 2 is 1.79 bits per heavy atom. The SMILES string of the molecule is CCCOC.CCc1c[nH]c2nc(C)c(-c3ccc(C(C)C)nc3OS(=O)(=O)C(F)(F)F)nc12.